The van der Waals surface area contributed by atoms with Gasteiger partial charge in [0.05, 0.1) is 0 Å². The van der Waals surface area contributed by atoms with Crippen molar-refractivity contribution in [2.45, 2.75) is 25.8 Å². The third-order valence-corrected chi connectivity index (χ3v) is 6.17. The molecule has 0 spiro atoms. The number of hydrogen-bond acceptors (Lipinski definition) is 4. The lowest BCUT2D eigenvalue weighted by molar-refractivity contribution is 0.0730. The van der Waals surface area contributed by atoms with Crippen LogP contribution in [0.4, 0.5) is 0 Å². The molecule has 5 heteroatoms. The Labute approximate surface area is 178 Å². The topological polar surface area (TPSA) is 61.9 Å². The highest BCUT2D eigenvalue weighted by Crippen LogP contribution is 2.24. The molecule has 2 N–H and O–H groups in total. The van der Waals surface area contributed by atoms with Gasteiger partial charge in [0.15, 0.2) is 0 Å². The number of benzene rings is 2. The van der Waals surface area contributed by atoms with Crippen LogP contribution < -0.4 is 5.73 Å². The van der Waals surface area contributed by atoms with E-state index in [0.717, 1.165) is 74.2 Å². The summed E-state index contributed by atoms with van der Waals surface area (Å²) in [6.07, 6.45) is 6.29. The minimum absolute atomic E-state index is 0.131. The number of hydrogen-bond donors (Lipinski definition) is 1. The van der Waals surface area contributed by atoms with Crippen LogP contribution in [0.15, 0.2) is 53.7 Å². The van der Waals surface area contributed by atoms with E-state index < -0.39 is 0 Å². The first-order valence-electron chi connectivity index (χ1n) is 10.8. The van der Waals surface area contributed by atoms with Gasteiger partial charge in [0.1, 0.15) is 0 Å². The van der Waals surface area contributed by atoms with Gasteiger partial charge < -0.3 is 10.6 Å². The lowest BCUT2D eigenvalue weighted by Crippen LogP contribution is -2.40. The molecule has 0 saturated carbocycles. The van der Waals surface area contributed by atoms with Crippen molar-refractivity contribution in [3.05, 3.63) is 76.5 Å². The van der Waals surface area contributed by atoms with Crippen molar-refractivity contribution in [2.75, 3.05) is 33.2 Å². The molecule has 0 aliphatic carbocycles. The van der Waals surface area contributed by atoms with Crippen LogP contribution in [-0.2, 0) is 19.4 Å². The molecule has 0 radical (unpaired) electrons. The van der Waals surface area contributed by atoms with E-state index in [-0.39, 0.29) is 5.91 Å². The lowest BCUT2D eigenvalue weighted by Gasteiger charge is -2.31. The van der Waals surface area contributed by atoms with Crippen LogP contribution >= 0.6 is 0 Å². The molecule has 0 aromatic heterocycles. The first-order chi connectivity index (χ1) is 14.7. The summed E-state index contributed by atoms with van der Waals surface area (Å²) in [7, 11) is 1.72. The van der Waals surface area contributed by atoms with Crippen molar-refractivity contribution in [3.63, 3.8) is 0 Å². The summed E-state index contributed by atoms with van der Waals surface area (Å²) in [6, 6.07) is 14.8. The van der Waals surface area contributed by atoms with Crippen LogP contribution in [-0.4, -0.2) is 55.1 Å². The van der Waals surface area contributed by atoms with Gasteiger partial charge in [0.25, 0.3) is 5.91 Å². The van der Waals surface area contributed by atoms with E-state index in [1.54, 1.807) is 13.3 Å². The number of amides is 1. The van der Waals surface area contributed by atoms with E-state index in [1.807, 2.05) is 17.0 Å². The summed E-state index contributed by atoms with van der Waals surface area (Å²) in [4.78, 5) is 21.7. The maximum atomic E-state index is 13.1. The Morgan fingerprint density at radius 3 is 2.67 bits per heavy atom. The van der Waals surface area contributed by atoms with E-state index >= 15 is 0 Å². The Morgan fingerprint density at radius 2 is 1.87 bits per heavy atom. The second kappa shape index (κ2) is 9.26. The first kappa shape index (κ1) is 20.4. The normalized spacial score (nSPS) is 17.3. The summed E-state index contributed by atoms with van der Waals surface area (Å²) < 4.78 is 0. The molecule has 156 valence electrons. The highest BCUT2D eigenvalue weighted by atomic mass is 16.2. The van der Waals surface area contributed by atoms with Gasteiger partial charge in [-0.2, -0.15) is 0 Å². The molecule has 0 atom stereocenters. The molecule has 2 heterocycles. The van der Waals surface area contributed by atoms with Gasteiger partial charge in [-0.3, -0.25) is 14.7 Å². The molecule has 4 rings (SSSR count). The zero-order chi connectivity index (χ0) is 20.9. The summed E-state index contributed by atoms with van der Waals surface area (Å²) in [6.45, 7) is 4.74. The number of carbonyl (C=O) groups excluding carboxylic acids is 1. The van der Waals surface area contributed by atoms with Crippen LogP contribution in [0.5, 0.6) is 0 Å². The van der Waals surface area contributed by atoms with Crippen molar-refractivity contribution in [1.82, 2.24) is 9.80 Å². The second-order valence-corrected chi connectivity index (χ2v) is 8.07. The molecule has 1 amide bonds. The van der Waals surface area contributed by atoms with E-state index in [0.29, 0.717) is 0 Å². The van der Waals surface area contributed by atoms with Gasteiger partial charge in [-0.25, -0.2) is 0 Å². The fourth-order valence-electron chi connectivity index (χ4n) is 4.50. The van der Waals surface area contributed by atoms with Gasteiger partial charge >= 0.3 is 0 Å². The van der Waals surface area contributed by atoms with Crippen LogP contribution in [0, 0.1) is 0 Å². The van der Waals surface area contributed by atoms with Gasteiger partial charge in [0, 0.05) is 63.3 Å². The van der Waals surface area contributed by atoms with Gasteiger partial charge in [-0.1, -0.05) is 36.4 Å². The van der Waals surface area contributed by atoms with Crippen molar-refractivity contribution in [2.24, 2.45) is 10.7 Å². The summed E-state index contributed by atoms with van der Waals surface area (Å²) >= 11 is 0. The zero-order valence-electron chi connectivity index (χ0n) is 17.7. The van der Waals surface area contributed by atoms with Crippen molar-refractivity contribution < 1.29 is 4.79 Å². The first-order valence-corrected chi connectivity index (χ1v) is 10.8. The number of nitrogens with two attached hydrogens (primary N) is 1. The summed E-state index contributed by atoms with van der Waals surface area (Å²) in [5.74, 6) is 0.131. The fourth-order valence-corrected chi connectivity index (χ4v) is 4.50. The molecule has 30 heavy (non-hydrogen) atoms. The Kier molecular flexibility index (Phi) is 6.29. The van der Waals surface area contributed by atoms with Gasteiger partial charge in [-0.05, 0) is 47.6 Å². The molecule has 5 nitrogen and oxygen atoms in total. The average molecular weight is 403 g/mol. The predicted octanol–water partition coefficient (Wildman–Crippen LogP) is 3.13. The van der Waals surface area contributed by atoms with Gasteiger partial charge in [0.2, 0.25) is 0 Å². The summed E-state index contributed by atoms with van der Waals surface area (Å²) in [5, 5.41) is 0. The molecule has 0 bridgehead atoms. The lowest BCUT2D eigenvalue weighted by atomic mass is 9.94. The van der Waals surface area contributed by atoms with E-state index in [1.165, 1.54) is 17.3 Å². The molecule has 0 fully saturated rings. The van der Waals surface area contributed by atoms with Gasteiger partial charge in [-0.15, -0.1) is 0 Å². The minimum atomic E-state index is 0.131. The maximum Gasteiger partial charge on any atom is 0.254 e. The quantitative estimate of drug-likeness (QED) is 0.755. The monoisotopic (exact) mass is 402 g/mol. The molecular weight excluding hydrogens is 372 g/mol. The Balaban J connectivity index is 1.37. The predicted molar refractivity (Wildman–Crippen MR) is 123 cm³/mol. The molecule has 2 aliphatic rings. The number of nitrogens with zero attached hydrogens (tertiary/aromatic N) is 3. The zero-order valence-corrected chi connectivity index (χ0v) is 17.7. The van der Waals surface area contributed by atoms with Crippen LogP contribution in [0.2, 0.25) is 0 Å². The fraction of sp³-hybridized carbons (Fsp3) is 0.360. The van der Waals surface area contributed by atoms with E-state index in [9.17, 15) is 4.79 Å². The van der Waals surface area contributed by atoms with Crippen LogP contribution in [0.1, 0.15) is 39.0 Å². The minimum Gasteiger partial charge on any atom is -0.404 e. The highest BCUT2D eigenvalue weighted by Gasteiger charge is 2.25. The van der Waals surface area contributed by atoms with Crippen LogP contribution in [0.25, 0.3) is 5.57 Å². The SMILES string of the molecule is CN=CC(=CN)c1ccc2c(c1)C(=O)N(CCCN1CCc3ccccc3C1)CC2. The Bertz CT molecular complexity index is 979. The number of allylic oxidation sites excluding steroid dienone is 1. The van der Waals surface area contributed by atoms with Crippen LogP contribution in [0.3, 0.4) is 0 Å². The smallest absolute Gasteiger partial charge is 0.254 e. The molecule has 0 unspecified atom stereocenters. The molecule has 2 aromatic carbocycles. The Morgan fingerprint density at radius 1 is 1.07 bits per heavy atom. The Hall–Kier alpha value is -2.92. The second-order valence-electron chi connectivity index (χ2n) is 8.07. The molecule has 0 saturated heterocycles. The number of rotatable bonds is 6. The average Bonchev–Trinajstić information content (AvgIpc) is 2.79. The molecule has 2 aromatic rings. The number of fused-ring (bicyclic) bond motifs is 2. The third kappa shape index (κ3) is 4.31. The standard InChI is InChI=1S/C25H30N4O/c1-27-17-23(16-26)21-8-7-20-10-14-29(25(30)24(20)15-21)12-4-11-28-13-9-19-5-2-3-6-22(19)18-28/h2-3,5-8,15-17H,4,9-14,18,26H2,1H3. The number of carbonyl (C=O) groups is 1. The summed E-state index contributed by atoms with van der Waals surface area (Å²) in [5.41, 5.74) is 12.3. The van der Waals surface area contributed by atoms with Crippen molar-refractivity contribution in [1.29, 1.82) is 0 Å². The number of aliphatic imine (C=N–C) groups is 1. The largest absolute Gasteiger partial charge is 0.404 e. The third-order valence-electron chi connectivity index (χ3n) is 6.17. The van der Waals surface area contributed by atoms with Crippen molar-refractivity contribution >= 4 is 17.7 Å². The van der Waals surface area contributed by atoms with E-state index in [4.69, 9.17) is 5.73 Å². The molecule has 2 aliphatic heterocycles. The maximum absolute atomic E-state index is 13.1. The van der Waals surface area contributed by atoms with Crippen molar-refractivity contribution in [3.8, 4) is 0 Å². The van der Waals surface area contributed by atoms with E-state index in [2.05, 4.69) is 40.2 Å². The molecular formula is C25H30N4O. The highest BCUT2D eigenvalue weighted by molar-refractivity contribution is 6.10.